The maximum atomic E-state index is 12.4. The monoisotopic (exact) mass is 245 g/mol. The van der Waals surface area contributed by atoms with Gasteiger partial charge in [-0.1, -0.05) is 43.7 Å². The first kappa shape index (κ1) is 12.6. The highest BCUT2D eigenvalue weighted by atomic mass is 16.2. The summed E-state index contributed by atoms with van der Waals surface area (Å²) in [6, 6.07) is 9.97. The third-order valence-corrected chi connectivity index (χ3v) is 3.38. The van der Waals surface area contributed by atoms with E-state index in [-0.39, 0.29) is 5.91 Å². The van der Waals surface area contributed by atoms with Gasteiger partial charge in [-0.25, -0.2) is 4.99 Å². The SMILES string of the molecule is CCCC1(Cc2ccccc2)N=C(N)N(C)C1=O. The van der Waals surface area contributed by atoms with Crippen molar-refractivity contribution in [3.8, 4) is 0 Å². The molecule has 0 radical (unpaired) electrons. The van der Waals surface area contributed by atoms with Gasteiger partial charge in [0.05, 0.1) is 0 Å². The summed E-state index contributed by atoms with van der Waals surface area (Å²) >= 11 is 0. The van der Waals surface area contributed by atoms with Gasteiger partial charge in [-0.3, -0.25) is 9.69 Å². The summed E-state index contributed by atoms with van der Waals surface area (Å²) in [5.74, 6) is 0.329. The van der Waals surface area contributed by atoms with Crippen LogP contribution in [0.2, 0.25) is 0 Å². The lowest BCUT2D eigenvalue weighted by atomic mass is 9.86. The summed E-state index contributed by atoms with van der Waals surface area (Å²) in [5.41, 5.74) is 6.20. The number of nitrogens with zero attached hydrogens (tertiary/aromatic N) is 2. The van der Waals surface area contributed by atoms with Gasteiger partial charge in [-0.2, -0.15) is 0 Å². The van der Waals surface area contributed by atoms with Crippen LogP contribution >= 0.6 is 0 Å². The summed E-state index contributed by atoms with van der Waals surface area (Å²) in [4.78, 5) is 18.3. The maximum absolute atomic E-state index is 12.4. The number of carbonyl (C=O) groups is 1. The smallest absolute Gasteiger partial charge is 0.257 e. The lowest BCUT2D eigenvalue weighted by Gasteiger charge is -2.24. The molecule has 2 N–H and O–H groups in total. The van der Waals surface area contributed by atoms with E-state index in [0.717, 1.165) is 18.4 Å². The van der Waals surface area contributed by atoms with Gasteiger partial charge >= 0.3 is 0 Å². The zero-order chi connectivity index (χ0) is 13.2. The van der Waals surface area contributed by atoms with Crippen LogP contribution in [0.15, 0.2) is 35.3 Å². The number of nitrogens with two attached hydrogens (primary N) is 1. The third kappa shape index (κ3) is 2.10. The molecule has 2 rings (SSSR count). The van der Waals surface area contributed by atoms with E-state index < -0.39 is 5.54 Å². The van der Waals surface area contributed by atoms with Gasteiger partial charge in [0.1, 0.15) is 5.54 Å². The molecule has 0 spiro atoms. The number of carbonyl (C=O) groups excluding carboxylic acids is 1. The van der Waals surface area contributed by atoms with Crippen LogP contribution in [-0.4, -0.2) is 29.4 Å². The van der Waals surface area contributed by atoms with Gasteiger partial charge in [0.2, 0.25) is 0 Å². The van der Waals surface area contributed by atoms with Crippen LogP contribution in [-0.2, 0) is 11.2 Å². The fraction of sp³-hybridized carbons (Fsp3) is 0.429. The van der Waals surface area contributed by atoms with Crippen LogP contribution in [0.4, 0.5) is 0 Å². The molecule has 0 fully saturated rings. The first-order valence-corrected chi connectivity index (χ1v) is 6.26. The topological polar surface area (TPSA) is 58.7 Å². The molecule has 1 aromatic rings. The van der Waals surface area contributed by atoms with Crippen LogP contribution in [0.1, 0.15) is 25.3 Å². The van der Waals surface area contributed by atoms with Crippen molar-refractivity contribution in [1.82, 2.24) is 4.90 Å². The van der Waals surface area contributed by atoms with E-state index in [1.165, 1.54) is 4.90 Å². The van der Waals surface area contributed by atoms with Crippen LogP contribution in [0, 0.1) is 0 Å². The summed E-state index contributed by atoms with van der Waals surface area (Å²) < 4.78 is 0. The summed E-state index contributed by atoms with van der Waals surface area (Å²) in [6.45, 7) is 2.06. The number of aliphatic imine (C=N–C) groups is 1. The first-order chi connectivity index (χ1) is 8.59. The fourth-order valence-electron chi connectivity index (χ4n) is 2.47. The molecule has 4 nitrogen and oxygen atoms in total. The molecule has 1 atom stereocenters. The van der Waals surface area contributed by atoms with Crippen LogP contribution < -0.4 is 5.73 Å². The molecule has 1 unspecified atom stereocenters. The van der Waals surface area contributed by atoms with E-state index in [1.54, 1.807) is 7.05 Å². The van der Waals surface area contributed by atoms with Crippen molar-refractivity contribution in [3.05, 3.63) is 35.9 Å². The molecule has 1 aliphatic rings. The largest absolute Gasteiger partial charge is 0.369 e. The molecule has 4 heteroatoms. The van der Waals surface area contributed by atoms with Crippen LogP contribution in [0.25, 0.3) is 0 Å². The predicted molar refractivity (Wildman–Crippen MR) is 72.2 cm³/mol. The van der Waals surface area contributed by atoms with Crippen molar-refractivity contribution in [1.29, 1.82) is 0 Å². The molecule has 0 bridgehead atoms. The van der Waals surface area contributed by atoms with Crippen molar-refractivity contribution in [2.24, 2.45) is 10.7 Å². The quantitative estimate of drug-likeness (QED) is 0.875. The zero-order valence-electron chi connectivity index (χ0n) is 10.9. The van der Waals surface area contributed by atoms with E-state index in [1.807, 2.05) is 30.3 Å². The highest BCUT2D eigenvalue weighted by Gasteiger charge is 2.45. The molecular formula is C14H19N3O. The lowest BCUT2D eigenvalue weighted by molar-refractivity contribution is -0.130. The number of hydrogen-bond acceptors (Lipinski definition) is 3. The Morgan fingerprint density at radius 3 is 2.50 bits per heavy atom. The maximum Gasteiger partial charge on any atom is 0.257 e. The Morgan fingerprint density at radius 1 is 1.33 bits per heavy atom. The second-order valence-electron chi connectivity index (χ2n) is 4.78. The molecule has 1 heterocycles. The van der Waals surface area contributed by atoms with E-state index in [4.69, 9.17) is 5.73 Å². The number of likely N-dealkylation sites (N-methyl/N-ethyl adjacent to an activating group) is 1. The standard InChI is InChI=1S/C14H19N3O/c1-3-9-14(10-11-7-5-4-6-8-11)12(18)17(2)13(15)16-14/h4-8H,3,9-10H2,1-2H3,(H2,15,16). The molecule has 0 saturated heterocycles. The predicted octanol–water partition coefficient (Wildman–Crippen LogP) is 1.55. The first-order valence-electron chi connectivity index (χ1n) is 6.26. The average molecular weight is 245 g/mol. The Bertz CT molecular complexity index is 469. The number of guanidine groups is 1. The van der Waals surface area contributed by atoms with Crippen molar-refractivity contribution >= 4 is 11.9 Å². The molecule has 1 amide bonds. The second-order valence-corrected chi connectivity index (χ2v) is 4.78. The molecule has 1 aromatic carbocycles. The Labute approximate surface area is 108 Å². The minimum Gasteiger partial charge on any atom is -0.369 e. The molecular weight excluding hydrogens is 226 g/mol. The summed E-state index contributed by atoms with van der Waals surface area (Å²) in [5, 5.41) is 0. The van der Waals surface area contributed by atoms with E-state index in [0.29, 0.717) is 12.4 Å². The van der Waals surface area contributed by atoms with Crippen molar-refractivity contribution in [3.63, 3.8) is 0 Å². The van der Waals surface area contributed by atoms with Gasteiger partial charge in [0, 0.05) is 13.5 Å². The average Bonchev–Trinajstić information content (AvgIpc) is 2.56. The Hall–Kier alpha value is -1.84. The lowest BCUT2D eigenvalue weighted by Crippen LogP contribution is -2.43. The van der Waals surface area contributed by atoms with Gasteiger partial charge in [-0.15, -0.1) is 0 Å². The van der Waals surface area contributed by atoms with Gasteiger partial charge in [0.25, 0.3) is 5.91 Å². The highest BCUT2D eigenvalue weighted by molar-refractivity contribution is 6.06. The Balaban J connectivity index is 2.32. The number of amides is 1. The zero-order valence-corrected chi connectivity index (χ0v) is 10.9. The second kappa shape index (κ2) is 4.80. The summed E-state index contributed by atoms with van der Waals surface area (Å²) in [6.07, 6.45) is 2.25. The normalized spacial score (nSPS) is 23.3. The Morgan fingerprint density at radius 2 is 2.00 bits per heavy atom. The van der Waals surface area contributed by atoms with E-state index in [2.05, 4.69) is 11.9 Å². The minimum absolute atomic E-state index is 0.00528. The molecule has 18 heavy (non-hydrogen) atoms. The number of benzene rings is 1. The van der Waals surface area contributed by atoms with E-state index >= 15 is 0 Å². The highest BCUT2D eigenvalue weighted by Crippen LogP contribution is 2.30. The van der Waals surface area contributed by atoms with Crippen LogP contribution in [0.3, 0.4) is 0 Å². The number of rotatable bonds is 4. The van der Waals surface area contributed by atoms with Crippen molar-refractivity contribution in [2.45, 2.75) is 31.7 Å². The van der Waals surface area contributed by atoms with Crippen molar-refractivity contribution in [2.75, 3.05) is 7.05 Å². The minimum atomic E-state index is -0.699. The molecule has 0 aliphatic carbocycles. The van der Waals surface area contributed by atoms with Gasteiger partial charge in [0.15, 0.2) is 5.96 Å². The van der Waals surface area contributed by atoms with Crippen molar-refractivity contribution < 1.29 is 4.79 Å². The third-order valence-electron chi connectivity index (χ3n) is 3.38. The molecule has 1 aliphatic heterocycles. The molecule has 0 aromatic heterocycles. The molecule has 0 saturated carbocycles. The van der Waals surface area contributed by atoms with Gasteiger partial charge < -0.3 is 5.73 Å². The fourth-order valence-corrected chi connectivity index (χ4v) is 2.47. The Kier molecular flexibility index (Phi) is 3.36. The molecule has 96 valence electrons. The van der Waals surface area contributed by atoms with Crippen LogP contribution in [0.5, 0.6) is 0 Å². The summed E-state index contributed by atoms with van der Waals surface area (Å²) in [7, 11) is 1.68. The van der Waals surface area contributed by atoms with E-state index in [9.17, 15) is 4.79 Å². The van der Waals surface area contributed by atoms with Gasteiger partial charge in [-0.05, 0) is 12.0 Å². The number of hydrogen-bond donors (Lipinski definition) is 1.